The standard InChI is InChI=1S/C5H11FN2/c1-7-2-5(6)3-8-4-5/h7-8H,2-4H2,1H3. The van der Waals surface area contributed by atoms with Crippen LogP contribution in [-0.2, 0) is 0 Å². The Hall–Kier alpha value is -0.150. The fourth-order valence-corrected chi connectivity index (χ4v) is 0.838. The zero-order valence-corrected chi connectivity index (χ0v) is 5.00. The molecule has 0 amide bonds. The van der Waals surface area contributed by atoms with E-state index in [1.54, 1.807) is 7.05 Å². The Morgan fingerprint density at radius 1 is 1.75 bits per heavy atom. The van der Waals surface area contributed by atoms with Crippen LogP contribution in [0.15, 0.2) is 0 Å². The Morgan fingerprint density at radius 2 is 2.38 bits per heavy atom. The summed E-state index contributed by atoms with van der Waals surface area (Å²) in [5, 5.41) is 5.67. The number of rotatable bonds is 2. The predicted octanol–water partition coefficient (Wildman–Crippen LogP) is -0.483. The summed E-state index contributed by atoms with van der Waals surface area (Å²) in [6.45, 7) is 1.49. The van der Waals surface area contributed by atoms with Crippen LogP contribution in [-0.4, -0.2) is 32.4 Å². The van der Waals surface area contributed by atoms with E-state index in [2.05, 4.69) is 10.6 Å². The van der Waals surface area contributed by atoms with Crippen molar-refractivity contribution in [1.82, 2.24) is 10.6 Å². The van der Waals surface area contributed by atoms with E-state index in [0.717, 1.165) is 0 Å². The van der Waals surface area contributed by atoms with Crippen LogP contribution < -0.4 is 10.6 Å². The van der Waals surface area contributed by atoms with Crippen molar-refractivity contribution in [3.05, 3.63) is 0 Å². The van der Waals surface area contributed by atoms with Crippen molar-refractivity contribution < 1.29 is 4.39 Å². The Morgan fingerprint density at radius 3 is 2.50 bits per heavy atom. The van der Waals surface area contributed by atoms with Crippen LogP contribution in [0.5, 0.6) is 0 Å². The van der Waals surface area contributed by atoms with Crippen molar-refractivity contribution in [2.24, 2.45) is 0 Å². The lowest BCUT2D eigenvalue weighted by atomic mass is 10.0. The molecule has 1 fully saturated rings. The van der Waals surface area contributed by atoms with Crippen LogP contribution in [0, 0.1) is 0 Å². The SMILES string of the molecule is CNCC1(F)CNC1. The molecular formula is C5H11FN2. The average Bonchev–Trinajstić information content (AvgIpc) is 1.64. The van der Waals surface area contributed by atoms with Crippen LogP contribution in [0.25, 0.3) is 0 Å². The first-order valence-corrected chi connectivity index (χ1v) is 2.81. The molecule has 1 saturated heterocycles. The van der Waals surface area contributed by atoms with Crippen molar-refractivity contribution in [2.45, 2.75) is 5.67 Å². The van der Waals surface area contributed by atoms with E-state index in [1.165, 1.54) is 0 Å². The van der Waals surface area contributed by atoms with Gasteiger partial charge in [0.15, 0.2) is 0 Å². The molecule has 0 bridgehead atoms. The minimum Gasteiger partial charge on any atom is -0.316 e. The zero-order valence-electron chi connectivity index (χ0n) is 5.00. The predicted molar refractivity (Wildman–Crippen MR) is 30.6 cm³/mol. The van der Waals surface area contributed by atoms with Crippen LogP contribution in [0.3, 0.4) is 0 Å². The minimum atomic E-state index is -0.950. The molecule has 2 N–H and O–H groups in total. The summed E-state index contributed by atoms with van der Waals surface area (Å²) in [4.78, 5) is 0. The molecular weight excluding hydrogens is 107 g/mol. The van der Waals surface area contributed by atoms with Gasteiger partial charge >= 0.3 is 0 Å². The van der Waals surface area contributed by atoms with Crippen molar-refractivity contribution >= 4 is 0 Å². The molecule has 0 aromatic carbocycles. The maximum absolute atomic E-state index is 12.8. The van der Waals surface area contributed by atoms with Gasteiger partial charge in [0, 0.05) is 19.6 Å². The third-order valence-corrected chi connectivity index (χ3v) is 1.38. The Bertz CT molecular complexity index is 80.5. The van der Waals surface area contributed by atoms with Gasteiger partial charge in [-0.1, -0.05) is 0 Å². The van der Waals surface area contributed by atoms with Gasteiger partial charge in [-0.2, -0.15) is 0 Å². The Labute approximate surface area is 48.5 Å². The second-order valence-electron chi connectivity index (χ2n) is 2.28. The quantitative estimate of drug-likeness (QED) is 0.511. The third kappa shape index (κ3) is 0.980. The summed E-state index contributed by atoms with van der Waals surface area (Å²) in [6.07, 6.45) is 0. The fourth-order valence-electron chi connectivity index (χ4n) is 0.838. The fraction of sp³-hybridized carbons (Fsp3) is 1.00. The first kappa shape index (κ1) is 5.98. The summed E-state index contributed by atoms with van der Waals surface area (Å²) in [5.74, 6) is 0. The Balaban J connectivity index is 2.20. The van der Waals surface area contributed by atoms with Crippen molar-refractivity contribution in [2.75, 3.05) is 26.7 Å². The highest BCUT2D eigenvalue weighted by molar-refractivity contribution is 4.94. The first-order valence-electron chi connectivity index (χ1n) is 2.81. The van der Waals surface area contributed by atoms with Crippen LogP contribution >= 0.6 is 0 Å². The summed E-state index contributed by atoms with van der Waals surface area (Å²) in [6, 6.07) is 0. The lowest BCUT2D eigenvalue weighted by molar-refractivity contribution is 0.0922. The molecule has 2 nitrogen and oxygen atoms in total. The molecule has 0 saturated carbocycles. The summed E-state index contributed by atoms with van der Waals surface area (Å²) in [5.41, 5.74) is -0.950. The highest BCUT2D eigenvalue weighted by atomic mass is 19.1. The number of hydrogen-bond acceptors (Lipinski definition) is 2. The molecule has 0 spiro atoms. The van der Waals surface area contributed by atoms with E-state index in [9.17, 15) is 4.39 Å². The first-order chi connectivity index (χ1) is 3.77. The van der Waals surface area contributed by atoms with Gasteiger partial charge in [-0.25, -0.2) is 4.39 Å². The smallest absolute Gasteiger partial charge is 0.148 e. The molecule has 0 aromatic heterocycles. The zero-order chi connectivity index (χ0) is 6.04. The van der Waals surface area contributed by atoms with Gasteiger partial charge in [0.25, 0.3) is 0 Å². The van der Waals surface area contributed by atoms with E-state index in [4.69, 9.17) is 0 Å². The van der Waals surface area contributed by atoms with E-state index in [0.29, 0.717) is 19.6 Å². The molecule has 0 unspecified atom stereocenters. The highest BCUT2D eigenvalue weighted by Crippen LogP contribution is 2.13. The monoisotopic (exact) mass is 118 g/mol. The van der Waals surface area contributed by atoms with E-state index in [1.807, 2.05) is 0 Å². The summed E-state index contributed by atoms with van der Waals surface area (Å²) >= 11 is 0. The number of hydrogen-bond donors (Lipinski definition) is 2. The molecule has 3 heteroatoms. The number of alkyl halides is 1. The number of halogens is 1. The van der Waals surface area contributed by atoms with Crippen molar-refractivity contribution in [3.63, 3.8) is 0 Å². The molecule has 0 aromatic rings. The van der Waals surface area contributed by atoms with Gasteiger partial charge in [0.05, 0.1) is 0 Å². The molecule has 1 aliphatic heterocycles. The van der Waals surface area contributed by atoms with E-state index < -0.39 is 5.67 Å². The topological polar surface area (TPSA) is 24.1 Å². The van der Waals surface area contributed by atoms with Gasteiger partial charge in [0.1, 0.15) is 5.67 Å². The molecule has 0 atom stereocenters. The third-order valence-electron chi connectivity index (χ3n) is 1.38. The molecule has 0 aliphatic carbocycles. The van der Waals surface area contributed by atoms with E-state index in [-0.39, 0.29) is 0 Å². The highest BCUT2D eigenvalue weighted by Gasteiger charge is 2.35. The lowest BCUT2D eigenvalue weighted by Gasteiger charge is -2.34. The molecule has 48 valence electrons. The van der Waals surface area contributed by atoms with Gasteiger partial charge in [-0.15, -0.1) is 0 Å². The van der Waals surface area contributed by atoms with Gasteiger partial charge in [-0.05, 0) is 7.05 Å². The van der Waals surface area contributed by atoms with E-state index >= 15 is 0 Å². The molecule has 1 aliphatic rings. The summed E-state index contributed by atoms with van der Waals surface area (Å²) < 4.78 is 12.8. The van der Waals surface area contributed by atoms with Gasteiger partial charge in [0.2, 0.25) is 0 Å². The second-order valence-corrected chi connectivity index (χ2v) is 2.28. The molecule has 1 rings (SSSR count). The van der Waals surface area contributed by atoms with Crippen LogP contribution in [0.2, 0.25) is 0 Å². The molecule has 8 heavy (non-hydrogen) atoms. The largest absolute Gasteiger partial charge is 0.316 e. The van der Waals surface area contributed by atoms with Crippen LogP contribution in [0.1, 0.15) is 0 Å². The summed E-state index contributed by atoms with van der Waals surface area (Å²) in [7, 11) is 1.76. The Kier molecular flexibility index (Phi) is 1.49. The molecule has 0 radical (unpaired) electrons. The maximum Gasteiger partial charge on any atom is 0.148 e. The average molecular weight is 118 g/mol. The van der Waals surface area contributed by atoms with Crippen LogP contribution in [0.4, 0.5) is 4.39 Å². The van der Waals surface area contributed by atoms with Gasteiger partial charge in [-0.3, -0.25) is 0 Å². The minimum absolute atomic E-state index is 0.472. The van der Waals surface area contributed by atoms with Crippen molar-refractivity contribution in [1.29, 1.82) is 0 Å². The maximum atomic E-state index is 12.8. The normalized spacial score (nSPS) is 24.8. The second kappa shape index (κ2) is 1.99. The molecule has 1 heterocycles. The lowest BCUT2D eigenvalue weighted by Crippen LogP contribution is -2.60. The van der Waals surface area contributed by atoms with Gasteiger partial charge < -0.3 is 10.6 Å². The van der Waals surface area contributed by atoms with Crippen molar-refractivity contribution in [3.8, 4) is 0 Å². The number of nitrogens with one attached hydrogen (secondary N) is 2.